The van der Waals surface area contributed by atoms with Crippen LogP contribution in [0.25, 0.3) is 0 Å². The summed E-state index contributed by atoms with van der Waals surface area (Å²) in [5.74, 6) is -1.34. The number of nitrogens with one attached hydrogen (secondary N) is 1. The third-order valence-corrected chi connectivity index (χ3v) is 3.62. The fourth-order valence-electron chi connectivity index (χ4n) is 2.15. The molecule has 1 aromatic carbocycles. The Bertz CT molecular complexity index is 510. The van der Waals surface area contributed by atoms with Crippen LogP contribution in [-0.4, -0.2) is 42.1 Å². The average molecular weight is 324 g/mol. The number of amides is 2. The van der Waals surface area contributed by atoms with Crippen LogP contribution in [0.2, 0.25) is 0 Å². The third-order valence-electron chi connectivity index (χ3n) is 3.62. The van der Waals surface area contributed by atoms with E-state index in [-0.39, 0.29) is 17.6 Å². The first kappa shape index (κ1) is 19.1. The molecule has 0 aliphatic heterocycles. The first-order valence-electron chi connectivity index (χ1n) is 7.64. The number of halogens is 1. The number of hydrogen-bond acceptors (Lipinski definition) is 4. The van der Waals surface area contributed by atoms with Crippen molar-refractivity contribution < 1.29 is 14.1 Å². The molecule has 5 N–H and O–H groups in total. The van der Waals surface area contributed by atoms with Crippen LogP contribution in [0.5, 0.6) is 0 Å². The van der Waals surface area contributed by atoms with E-state index in [1.807, 2.05) is 37.3 Å². The maximum Gasteiger partial charge on any atom is 0.272 e. The summed E-state index contributed by atoms with van der Waals surface area (Å²) in [7, 11) is 0.989. The van der Waals surface area contributed by atoms with Gasteiger partial charge in [-0.05, 0) is 24.8 Å². The number of benzene rings is 1. The highest BCUT2D eigenvalue weighted by atomic mass is 19.2. The van der Waals surface area contributed by atoms with Gasteiger partial charge in [0, 0.05) is 13.1 Å². The van der Waals surface area contributed by atoms with E-state index in [2.05, 4.69) is 5.32 Å². The van der Waals surface area contributed by atoms with E-state index in [1.54, 1.807) is 0 Å². The third kappa shape index (κ3) is 6.33. The number of nitrogens with two attached hydrogens (primary N) is 2. The molecule has 0 spiro atoms. The van der Waals surface area contributed by atoms with Crippen molar-refractivity contribution in [1.29, 1.82) is 0 Å². The molecule has 0 heterocycles. The molecule has 0 aliphatic carbocycles. The molecule has 1 unspecified atom stereocenters. The van der Waals surface area contributed by atoms with Crippen molar-refractivity contribution >= 4 is 11.8 Å². The van der Waals surface area contributed by atoms with Crippen molar-refractivity contribution in [2.45, 2.75) is 44.3 Å². The standard InChI is InChI=1S/C16H25FN4O2/c1-3-12(18)10-14(16(23)21(2)17)20-15(22)13(19)9-11-7-5-4-6-8-11/h4-8,12-14H,3,9-10,18-19H2,1-2H3,(H,20,22)/t12?,13-,14-/m0/s1. The van der Waals surface area contributed by atoms with E-state index in [9.17, 15) is 14.1 Å². The van der Waals surface area contributed by atoms with Gasteiger partial charge in [0.1, 0.15) is 6.04 Å². The van der Waals surface area contributed by atoms with Gasteiger partial charge in [-0.2, -0.15) is 5.12 Å². The molecule has 0 saturated heterocycles. The number of carbonyl (C=O) groups is 2. The molecule has 0 radical (unpaired) electrons. The van der Waals surface area contributed by atoms with Gasteiger partial charge in [0.2, 0.25) is 5.91 Å². The smallest absolute Gasteiger partial charge is 0.272 e. The molecule has 2 amide bonds. The average Bonchev–Trinajstić information content (AvgIpc) is 2.53. The number of hydrogen-bond donors (Lipinski definition) is 3. The lowest BCUT2D eigenvalue weighted by Gasteiger charge is -2.23. The van der Waals surface area contributed by atoms with E-state index in [1.165, 1.54) is 0 Å². The summed E-state index contributed by atoms with van der Waals surface area (Å²) in [6.45, 7) is 1.86. The van der Waals surface area contributed by atoms with Gasteiger partial charge in [-0.25, -0.2) is 0 Å². The Labute approximate surface area is 135 Å². The number of carbonyl (C=O) groups excluding carboxylic acids is 2. The van der Waals surface area contributed by atoms with E-state index < -0.39 is 23.9 Å². The van der Waals surface area contributed by atoms with Crippen LogP contribution in [0.1, 0.15) is 25.3 Å². The highest BCUT2D eigenvalue weighted by Gasteiger charge is 2.27. The summed E-state index contributed by atoms with van der Waals surface area (Å²) in [5.41, 5.74) is 12.6. The maximum atomic E-state index is 13.2. The minimum atomic E-state index is -1.02. The Kier molecular flexibility index (Phi) is 7.64. The highest BCUT2D eigenvalue weighted by Crippen LogP contribution is 2.06. The molecule has 0 aromatic heterocycles. The van der Waals surface area contributed by atoms with Crippen LogP contribution >= 0.6 is 0 Å². The predicted octanol–water partition coefficient (Wildman–Crippen LogP) is 0.512. The molecule has 0 aliphatic rings. The highest BCUT2D eigenvalue weighted by molar-refractivity contribution is 5.89. The van der Waals surface area contributed by atoms with Crippen LogP contribution in [0.3, 0.4) is 0 Å². The molecule has 3 atom stereocenters. The number of rotatable bonds is 8. The van der Waals surface area contributed by atoms with E-state index in [0.717, 1.165) is 12.6 Å². The molecular formula is C16H25FN4O2. The molecule has 0 saturated carbocycles. The van der Waals surface area contributed by atoms with Gasteiger partial charge in [-0.15, -0.1) is 0 Å². The second-order valence-electron chi connectivity index (χ2n) is 5.58. The summed E-state index contributed by atoms with van der Waals surface area (Å²) in [6.07, 6.45) is 1.11. The lowest BCUT2D eigenvalue weighted by atomic mass is 10.0. The molecule has 128 valence electrons. The van der Waals surface area contributed by atoms with Crippen LogP contribution < -0.4 is 16.8 Å². The zero-order chi connectivity index (χ0) is 17.4. The normalized spacial score (nSPS) is 14.7. The van der Waals surface area contributed by atoms with Crippen molar-refractivity contribution in [3.8, 4) is 0 Å². The first-order chi connectivity index (χ1) is 10.8. The molecular weight excluding hydrogens is 299 g/mol. The summed E-state index contributed by atoms with van der Waals surface area (Å²) in [4.78, 5) is 24.0. The van der Waals surface area contributed by atoms with Crippen molar-refractivity contribution in [3.05, 3.63) is 35.9 Å². The quantitative estimate of drug-likeness (QED) is 0.606. The zero-order valence-corrected chi connectivity index (χ0v) is 13.5. The van der Waals surface area contributed by atoms with Crippen molar-refractivity contribution in [1.82, 2.24) is 10.4 Å². The number of nitrogens with zero attached hydrogens (tertiary/aromatic N) is 1. The van der Waals surface area contributed by atoms with Gasteiger partial charge in [0.25, 0.3) is 5.91 Å². The molecule has 1 aromatic rings. The fraction of sp³-hybridized carbons (Fsp3) is 0.500. The Morgan fingerprint density at radius 1 is 1.26 bits per heavy atom. The predicted molar refractivity (Wildman–Crippen MR) is 86.8 cm³/mol. The summed E-state index contributed by atoms with van der Waals surface area (Å²) in [6, 6.07) is 7.14. The molecule has 1 rings (SSSR count). The molecule has 23 heavy (non-hydrogen) atoms. The Morgan fingerprint density at radius 3 is 2.39 bits per heavy atom. The second kappa shape index (κ2) is 9.22. The summed E-state index contributed by atoms with van der Waals surface area (Å²) in [5, 5.41) is 2.46. The minimum absolute atomic E-state index is 0.0456. The lowest BCUT2D eigenvalue weighted by molar-refractivity contribution is -0.147. The van der Waals surface area contributed by atoms with Crippen LogP contribution in [0, 0.1) is 0 Å². The van der Waals surface area contributed by atoms with Gasteiger partial charge in [0.05, 0.1) is 6.04 Å². The fourth-order valence-corrected chi connectivity index (χ4v) is 2.15. The van der Waals surface area contributed by atoms with Crippen molar-refractivity contribution in [3.63, 3.8) is 0 Å². The van der Waals surface area contributed by atoms with E-state index in [0.29, 0.717) is 12.8 Å². The van der Waals surface area contributed by atoms with Crippen LogP contribution in [-0.2, 0) is 16.0 Å². The Morgan fingerprint density at radius 2 is 1.87 bits per heavy atom. The van der Waals surface area contributed by atoms with Crippen molar-refractivity contribution in [2.75, 3.05) is 7.05 Å². The van der Waals surface area contributed by atoms with Gasteiger partial charge < -0.3 is 16.8 Å². The molecule has 0 bridgehead atoms. The monoisotopic (exact) mass is 324 g/mol. The van der Waals surface area contributed by atoms with Gasteiger partial charge in [-0.1, -0.05) is 41.7 Å². The SMILES string of the molecule is CCC(N)C[C@H](NC(=O)[C@@H](N)Cc1ccccc1)C(=O)N(C)F. The lowest BCUT2D eigenvalue weighted by Crippen LogP contribution is -2.53. The Hall–Kier alpha value is -1.99. The molecule has 7 heteroatoms. The number of likely N-dealkylation sites (N-methyl/N-ethyl adjacent to an activating group) is 1. The summed E-state index contributed by atoms with van der Waals surface area (Å²) < 4.78 is 13.2. The maximum absolute atomic E-state index is 13.2. The van der Waals surface area contributed by atoms with E-state index in [4.69, 9.17) is 11.5 Å². The van der Waals surface area contributed by atoms with E-state index >= 15 is 0 Å². The van der Waals surface area contributed by atoms with Gasteiger partial charge >= 0.3 is 0 Å². The minimum Gasteiger partial charge on any atom is -0.343 e. The van der Waals surface area contributed by atoms with Crippen LogP contribution in [0.4, 0.5) is 4.48 Å². The van der Waals surface area contributed by atoms with Crippen molar-refractivity contribution in [2.24, 2.45) is 11.5 Å². The van der Waals surface area contributed by atoms with Gasteiger partial charge in [0.15, 0.2) is 0 Å². The second-order valence-corrected chi connectivity index (χ2v) is 5.58. The molecule has 6 nitrogen and oxygen atoms in total. The largest absolute Gasteiger partial charge is 0.343 e. The van der Waals surface area contributed by atoms with Gasteiger partial charge in [-0.3, -0.25) is 9.59 Å². The first-order valence-corrected chi connectivity index (χ1v) is 7.64. The zero-order valence-electron chi connectivity index (χ0n) is 13.5. The van der Waals surface area contributed by atoms with Crippen LogP contribution in [0.15, 0.2) is 30.3 Å². The summed E-state index contributed by atoms with van der Waals surface area (Å²) >= 11 is 0. The molecule has 0 fully saturated rings. The topological polar surface area (TPSA) is 101 Å². The Balaban J connectivity index is 2.69.